The van der Waals surface area contributed by atoms with Crippen molar-refractivity contribution in [1.29, 1.82) is 5.26 Å². The van der Waals surface area contributed by atoms with E-state index in [1.165, 1.54) is 12.1 Å². The van der Waals surface area contributed by atoms with Gasteiger partial charge in [-0.15, -0.1) is 0 Å². The highest BCUT2D eigenvalue weighted by atomic mass is 19.4. The Balaban J connectivity index is 1.56. The molecular weight excluding hydrogens is 435 g/mol. The van der Waals surface area contributed by atoms with Crippen molar-refractivity contribution in [3.63, 3.8) is 0 Å². The average Bonchev–Trinajstić information content (AvgIpc) is 3.25. The van der Waals surface area contributed by atoms with Crippen molar-refractivity contribution in [2.75, 3.05) is 0 Å². The second kappa shape index (κ2) is 10.4. The molecule has 0 radical (unpaired) electrons. The molecule has 34 heavy (non-hydrogen) atoms. The molecular formula is C28H24F3N3. The second-order valence-electron chi connectivity index (χ2n) is 8.27. The molecule has 0 fully saturated rings. The fourth-order valence-corrected chi connectivity index (χ4v) is 4.03. The van der Waals surface area contributed by atoms with Crippen LogP contribution in [0, 0.1) is 11.3 Å². The number of nitrogens with zero attached hydrogens (tertiary/aromatic N) is 3. The van der Waals surface area contributed by atoms with Gasteiger partial charge in [0.25, 0.3) is 0 Å². The zero-order chi connectivity index (χ0) is 24.0. The fourth-order valence-electron chi connectivity index (χ4n) is 4.03. The maximum absolute atomic E-state index is 13.1. The first-order valence-electron chi connectivity index (χ1n) is 11.0. The number of benzene rings is 3. The van der Waals surface area contributed by atoms with Gasteiger partial charge in [0.15, 0.2) is 0 Å². The van der Waals surface area contributed by atoms with Crippen molar-refractivity contribution in [2.24, 2.45) is 0 Å². The van der Waals surface area contributed by atoms with Gasteiger partial charge in [-0.1, -0.05) is 54.6 Å². The third-order valence-corrected chi connectivity index (χ3v) is 5.63. The van der Waals surface area contributed by atoms with Crippen LogP contribution < -0.4 is 0 Å². The topological polar surface area (TPSA) is 32.0 Å². The molecule has 0 atom stereocenters. The van der Waals surface area contributed by atoms with Gasteiger partial charge in [-0.25, -0.2) is 0 Å². The van der Waals surface area contributed by atoms with E-state index in [9.17, 15) is 18.4 Å². The Morgan fingerprint density at radius 3 is 2.21 bits per heavy atom. The van der Waals surface area contributed by atoms with Gasteiger partial charge in [0.2, 0.25) is 0 Å². The summed E-state index contributed by atoms with van der Waals surface area (Å²) in [4.78, 5) is 2.27. The Labute approximate surface area is 197 Å². The van der Waals surface area contributed by atoms with Crippen LogP contribution in [0.3, 0.4) is 0 Å². The molecule has 0 aliphatic heterocycles. The molecule has 0 spiro atoms. The van der Waals surface area contributed by atoms with Crippen molar-refractivity contribution in [3.05, 3.63) is 131 Å². The van der Waals surface area contributed by atoms with Gasteiger partial charge in [-0.2, -0.15) is 18.4 Å². The highest BCUT2D eigenvalue weighted by Gasteiger charge is 2.30. The fraction of sp³-hybridized carbons (Fsp3) is 0.179. The van der Waals surface area contributed by atoms with E-state index in [1.807, 2.05) is 59.3 Å². The summed E-state index contributed by atoms with van der Waals surface area (Å²) in [6, 6.07) is 29.2. The smallest absolute Gasteiger partial charge is 0.346 e. The summed E-state index contributed by atoms with van der Waals surface area (Å²) in [5, 5.41) is 9.25. The van der Waals surface area contributed by atoms with Crippen molar-refractivity contribution >= 4 is 0 Å². The lowest BCUT2D eigenvalue weighted by Crippen LogP contribution is -2.24. The van der Waals surface area contributed by atoms with E-state index >= 15 is 0 Å². The molecule has 1 aromatic heterocycles. The summed E-state index contributed by atoms with van der Waals surface area (Å²) in [5.41, 5.74) is 3.78. The molecule has 0 saturated carbocycles. The second-order valence-corrected chi connectivity index (χ2v) is 8.27. The highest BCUT2D eigenvalue weighted by molar-refractivity contribution is 5.33. The summed E-state index contributed by atoms with van der Waals surface area (Å²) >= 11 is 0. The molecule has 0 unspecified atom stereocenters. The van der Waals surface area contributed by atoms with E-state index < -0.39 is 11.7 Å². The lowest BCUT2D eigenvalue weighted by atomic mass is 10.1. The Kier molecular flexibility index (Phi) is 7.15. The molecule has 3 aromatic carbocycles. The maximum atomic E-state index is 13.1. The summed E-state index contributed by atoms with van der Waals surface area (Å²) in [6.45, 7) is 2.30. The molecule has 172 valence electrons. The Hall–Kier alpha value is -3.82. The molecule has 3 nitrogen and oxygen atoms in total. The molecule has 4 aromatic rings. The quantitative estimate of drug-likeness (QED) is 0.296. The van der Waals surface area contributed by atoms with Gasteiger partial charge in [0.1, 0.15) is 0 Å². The molecule has 0 N–H and O–H groups in total. The van der Waals surface area contributed by atoms with Crippen LogP contribution in [0.25, 0.3) is 0 Å². The largest absolute Gasteiger partial charge is 0.416 e. The third-order valence-electron chi connectivity index (χ3n) is 5.63. The number of aromatic nitrogens is 1. The van der Waals surface area contributed by atoms with Crippen LogP contribution in [0.1, 0.15) is 33.5 Å². The monoisotopic (exact) mass is 459 g/mol. The summed E-state index contributed by atoms with van der Waals surface area (Å²) in [5.74, 6) is 0. The lowest BCUT2D eigenvalue weighted by Gasteiger charge is -2.24. The van der Waals surface area contributed by atoms with Crippen LogP contribution in [0.5, 0.6) is 0 Å². The highest BCUT2D eigenvalue weighted by Crippen LogP contribution is 2.29. The van der Waals surface area contributed by atoms with Gasteiger partial charge in [-0.3, -0.25) is 4.90 Å². The molecule has 0 aliphatic carbocycles. The van der Waals surface area contributed by atoms with Gasteiger partial charge in [0.05, 0.1) is 17.2 Å². The van der Waals surface area contributed by atoms with Crippen LogP contribution in [0.2, 0.25) is 0 Å². The molecule has 0 aliphatic rings. The van der Waals surface area contributed by atoms with E-state index in [-0.39, 0.29) is 0 Å². The Morgan fingerprint density at radius 1 is 0.735 bits per heavy atom. The zero-order valence-electron chi connectivity index (χ0n) is 18.5. The van der Waals surface area contributed by atoms with E-state index in [4.69, 9.17) is 0 Å². The predicted octanol–water partition coefficient (Wildman–Crippen LogP) is 6.63. The summed E-state index contributed by atoms with van der Waals surface area (Å²) in [7, 11) is 0. The van der Waals surface area contributed by atoms with Gasteiger partial charge >= 0.3 is 6.18 Å². The van der Waals surface area contributed by atoms with Crippen LogP contribution >= 0.6 is 0 Å². The minimum Gasteiger partial charge on any atom is -0.346 e. The minimum atomic E-state index is -4.36. The van der Waals surface area contributed by atoms with Crippen LogP contribution in [0.4, 0.5) is 13.2 Å². The van der Waals surface area contributed by atoms with Crippen molar-refractivity contribution in [3.8, 4) is 6.07 Å². The van der Waals surface area contributed by atoms with Crippen LogP contribution in [-0.4, -0.2) is 9.47 Å². The first kappa shape index (κ1) is 23.3. The normalized spacial score (nSPS) is 11.5. The number of hydrogen-bond donors (Lipinski definition) is 0. The molecule has 4 rings (SSSR count). The van der Waals surface area contributed by atoms with Crippen molar-refractivity contribution in [2.45, 2.75) is 32.4 Å². The predicted molar refractivity (Wildman–Crippen MR) is 126 cm³/mol. The van der Waals surface area contributed by atoms with E-state index in [1.54, 1.807) is 12.1 Å². The molecule has 0 amide bonds. The van der Waals surface area contributed by atoms with Gasteiger partial charge in [-0.05, 0) is 53.1 Å². The Morgan fingerprint density at radius 2 is 1.44 bits per heavy atom. The zero-order valence-corrected chi connectivity index (χ0v) is 18.5. The first-order chi connectivity index (χ1) is 16.4. The number of alkyl halides is 3. The standard InChI is InChI=1S/C28H24F3N3/c29-28(30,31)26-12-5-11-25(16-26)20-34-14-6-13-27(34)21-33(18-22-7-2-1-3-8-22)19-24-10-4-9-23(15-24)17-32/h1-16H,18-21H2. The Bertz CT molecular complexity index is 1270. The average molecular weight is 460 g/mol. The molecule has 6 heteroatoms. The lowest BCUT2D eigenvalue weighted by molar-refractivity contribution is -0.137. The van der Waals surface area contributed by atoms with Crippen LogP contribution in [0.15, 0.2) is 97.2 Å². The van der Waals surface area contributed by atoms with E-state index in [0.29, 0.717) is 37.3 Å². The van der Waals surface area contributed by atoms with E-state index in [0.717, 1.165) is 22.9 Å². The summed E-state index contributed by atoms with van der Waals surface area (Å²) < 4.78 is 41.4. The van der Waals surface area contributed by atoms with Crippen LogP contribution in [-0.2, 0) is 32.4 Å². The summed E-state index contributed by atoms with van der Waals surface area (Å²) in [6.07, 6.45) is -2.47. The first-order valence-corrected chi connectivity index (χ1v) is 11.0. The molecule has 0 saturated heterocycles. The number of nitriles is 1. The maximum Gasteiger partial charge on any atom is 0.416 e. The molecule has 0 bridgehead atoms. The van der Waals surface area contributed by atoms with Crippen molar-refractivity contribution < 1.29 is 13.2 Å². The number of rotatable bonds is 8. The minimum absolute atomic E-state index is 0.356. The van der Waals surface area contributed by atoms with Gasteiger partial charge in [0, 0.05) is 38.1 Å². The van der Waals surface area contributed by atoms with Crippen molar-refractivity contribution in [1.82, 2.24) is 9.47 Å². The SMILES string of the molecule is N#Cc1cccc(CN(Cc2ccccc2)Cc2cccn2Cc2cccc(C(F)(F)F)c2)c1. The third kappa shape index (κ3) is 6.15. The van der Waals surface area contributed by atoms with E-state index in [2.05, 4.69) is 23.1 Å². The number of hydrogen-bond acceptors (Lipinski definition) is 2. The number of halogens is 3. The molecule has 1 heterocycles. The van der Waals surface area contributed by atoms with Gasteiger partial charge < -0.3 is 4.57 Å².